The van der Waals surface area contributed by atoms with Gasteiger partial charge in [0.05, 0.1) is 61.4 Å². The topological polar surface area (TPSA) is 107 Å². The van der Waals surface area contributed by atoms with Gasteiger partial charge in [-0.05, 0) is 31.1 Å². The summed E-state index contributed by atoms with van der Waals surface area (Å²) in [6.45, 7) is 5.91. The number of carbonyl (C=O) groups excluding carboxylic acids is 1. The zero-order chi connectivity index (χ0) is 29.1. The highest BCUT2D eigenvalue weighted by molar-refractivity contribution is 6.41. The molecule has 3 aromatic rings. The number of carbonyl (C=O) groups is 1. The van der Waals surface area contributed by atoms with Gasteiger partial charge in [-0.2, -0.15) is 0 Å². The van der Waals surface area contributed by atoms with E-state index in [1.54, 1.807) is 33.6 Å². The molecule has 0 spiro atoms. The van der Waals surface area contributed by atoms with Crippen LogP contribution in [0.4, 0.5) is 11.6 Å². The average Bonchev–Trinajstić information content (AvgIpc) is 3.43. The molecule has 0 saturated carbocycles. The Morgan fingerprint density at radius 3 is 2.39 bits per heavy atom. The maximum Gasteiger partial charge on any atom is 0.243 e. The van der Waals surface area contributed by atoms with Crippen LogP contribution in [0.1, 0.15) is 12.8 Å². The highest BCUT2D eigenvalue weighted by Gasteiger charge is 2.30. The van der Waals surface area contributed by atoms with Gasteiger partial charge in [0.15, 0.2) is 0 Å². The largest absolute Gasteiger partial charge is 0.495 e. The number of rotatable bonds is 9. The first-order chi connectivity index (χ1) is 19.9. The molecular weight excluding hydrogens is 569 g/mol. The van der Waals surface area contributed by atoms with E-state index in [4.69, 9.17) is 47.1 Å². The van der Waals surface area contributed by atoms with Gasteiger partial charge >= 0.3 is 0 Å². The fraction of sp³-hybridized carbons (Fsp3) is 0.414. The fourth-order valence-corrected chi connectivity index (χ4v) is 5.96. The minimum Gasteiger partial charge on any atom is -0.495 e. The maximum atomic E-state index is 11.9. The third-order valence-electron chi connectivity index (χ3n) is 7.53. The number of nitrogens with zero attached hydrogens (tertiary/aromatic N) is 3. The van der Waals surface area contributed by atoms with Gasteiger partial charge in [0.1, 0.15) is 23.1 Å². The van der Waals surface area contributed by atoms with E-state index < -0.39 is 0 Å². The van der Waals surface area contributed by atoms with Gasteiger partial charge in [0.2, 0.25) is 5.91 Å². The van der Waals surface area contributed by atoms with Gasteiger partial charge in [-0.15, -0.1) is 0 Å². The van der Waals surface area contributed by atoms with Crippen molar-refractivity contribution in [3.05, 3.63) is 47.1 Å². The van der Waals surface area contributed by atoms with Crippen molar-refractivity contribution in [3.63, 3.8) is 0 Å². The predicted molar refractivity (Wildman–Crippen MR) is 161 cm³/mol. The molecule has 0 radical (unpaired) electrons. The first kappa shape index (κ1) is 29.2. The molecule has 2 N–H and O–H groups in total. The summed E-state index contributed by atoms with van der Waals surface area (Å²) in [5.41, 5.74) is 1.10. The van der Waals surface area contributed by atoms with E-state index in [2.05, 4.69) is 27.1 Å². The Morgan fingerprint density at radius 1 is 1.07 bits per heavy atom. The number of nitrogens with one attached hydrogen (secondary N) is 2. The van der Waals surface area contributed by atoms with Crippen molar-refractivity contribution in [3.8, 4) is 22.8 Å². The second-order valence-electron chi connectivity index (χ2n) is 9.94. The quantitative estimate of drug-likeness (QED) is 0.337. The van der Waals surface area contributed by atoms with Gasteiger partial charge < -0.3 is 34.5 Å². The van der Waals surface area contributed by atoms with Crippen molar-refractivity contribution in [1.82, 2.24) is 15.3 Å². The van der Waals surface area contributed by atoms with Crippen molar-refractivity contribution in [2.45, 2.75) is 31.0 Å². The van der Waals surface area contributed by atoms with Crippen LogP contribution in [-0.4, -0.2) is 81.7 Å². The number of aromatic nitrogens is 2. The number of pyridine rings is 2. The molecule has 0 bridgehead atoms. The highest BCUT2D eigenvalue weighted by Crippen LogP contribution is 2.46. The smallest absolute Gasteiger partial charge is 0.243 e. The lowest BCUT2D eigenvalue weighted by Crippen LogP contribution is -2.45. The Kier molecular flexibility index (Phi) is 9.03. The molecule has 218 valence electrons. The van der Waals surface area contributed by atoms with Crippen LogP contribution >= 0.6 is 23.2 Å². The molecule has 2 aliphatic heterocycles. The monoisotopic (exact) mass is 601 g/mol. The number of hydrogen-bond donors (Lipinski definition) is 2. The summed E-state index contributed by atoms with van der Waals surface area (Å²) in [4.78, 5) is 23.9. The number of halogens is 2. The minimum absolute atomic E-state index is 0.154. The van der Waals surface area contributed by atoms with Gasteiger partial charge in [0, 0.05) is 48.8 Å². The summed E-state index contributed by atoms with van der Waals surface area (Å²) in [6, 6.07) is 5.18. The van der Waals surface area contributed by atoms with Crippen LogP contribution in [0, 0.1) is 0 Å². The Hall–Kier alpha value is -3.31. The van der Waals surface area contributed by atoms with Gasteiger partial charge in [0.25, 0.3) is 0 Å². The van der Waals surface area contributed by atoms with Crippen LogP contribution in [0.25, 0.3) is 22.0 Å². The van der Waals surface area contributed by atoms with Crippen LogP contribution in [0.3, 0.4) is 0 Å². The minimum atomic E-state index is -0.247. The van der Waals surface area contributed by atoms with E-state index >= 15 is 0 Å². The molecule has 2 aliphatic rings. The number of piperidine rings is 1. The van der Waals surface area contributed by atoms with Crippen molar-refractivity contribution in [1.29, 1.82) is 0 Å². The molecule has 12 heteroatoms. The van der Waals surface area contributed by atoms with Crippen LogP contribution in [0.5, 0.6) is 11.5 Å². The van der Waals surface area contributed by atoms with Crippen molar-refractivity contribution >= 4 is 51.5 Å². The number of amides is 1. The van der Waals surface area contributed by atoms with Crippen LogP contribution < -0.4 is 25.0 Å². The van der Waals surface area contributed by atoms with E-state index in [-0.39, 0.29) is 24.1 Å². The summed E-state index contributed by atoms with van der Waals surface area (Å²) in [5.74, 6) is 2.05. The normalized spacial score (nSPS) is 19.3. The summed E-state index contributed by atoms with van der Waals surface area (Å²) < 4.78 is 22.2. The summed E-state index contributed by atoms with van der Waals surface area (Å²) in [5, 5.41) is 8.79. The van der Waals surface area contributed by atoms with E-state index in [0.717, 1.165) is 42.5 Å². The fourth-order valence-electron chi connectivity index (χ4n) is 5.26. The van der Waals surface area contributed by atoms with E-state index in [0.29, 0.717) is 51.8 Å². The summed E-state index contributed by atoms with van der Waals surface area (Å²) >= 11 is 13.6. The number of methoxy groups -OCH3 is 3. The molecule has 4 heterocycles. The maximum absolute atomic E-state index is 11.9. The molecule has 10 nitrogen and oxygen atoms in total. The standard InChI is InChI=1S/C29H33Cl2N5O5/c1-5-25(37)34-21-15-41-14-20(21)33-24-11-18-16(13-32-24)10-19(35-29(18)36-8-6-17(38-2)7-9-36)26-27(30)22(39-3)12-23(40-4)28(26)31/h5,10-13,17,20-21H,1,6-9,14-15H2,2-4H3,(H,32,33)(H,34,37)/t20-,21+/m1/s1. The van der Waals surface area contributed by atoms with E-state index in [9.17, 15) is 4.79 Å². The molecule has 2 fully saturated rings. The first-order valence-corrected chi connectivity index (χ1v) is 14.1. The van der Waals surface area contributed by atoms with Crippen molar-refractivity contribution < 1.29 is 23.7 Å². The summed E-state index contributed by atoms with van der Waals surface area (Å²) in [6.07, 6.45) is 5.00. The zero-order valence-corrected chi connectivity index (χ0v) is 24.7. The average molecular weight is 603 g/mol. The molecule has 2 saturated heterocycles. The number of benzene rings is 1. The lowest BCUT2D eigenvalue weighted by atomic mass is 10.0. The van der Waals surface area contributed by atoms with Crippen molar-refractivity contribution in [2.24, 2.45) is 0 Å². The Labute approximate surface area is 248 Å². The van der Waals surface area contributed by atoms with Crippen molar-refractivity contribution in [2.75, 3.05) is 57.8 Å². The Balaban J connectivity index is 1.58. The molecular formula is C29H33Cl2N5O5. The molecule has 0 aliphatic carbocycles. The number of ether oxygens (including phenoxy) is 4. The second kappa shape index (κ2) is 12.7. The number of fused-ring (bicyclic) bond motifs is 1. The van der Waals surface area contributed by atoms with Crippen LogP contribution in [0.15, 0.2) is 37.1 Å². The Bertz CT molecular complexity index is 1420. The third kappa shape index (κ3) is 6.01. The molecule has 41 heavy (non-hydrogen) atoms. The molecule has 1 aromatic carbocycles. The molecule has 2 aromatic heterocycles. The highest BCUT2D eigenvalue weighted by atomic mass is 35.5. The van der Waals surface area contributed by atoms with Gasteiger partial charge in [-0.25, -0.2) is 9.97 Å². The van der Waals surface area contributed by atoms with E-state index in [1.165, 1.54) is 6.08 Å². The molecule has 5 rings (SSSR count). The van der Waals surface area contributed by atoms with Crippen LogP contribution in [-0.2, 0) is 14.3 Å². The first-order valence-electron chi connectivity index (χ1n) is 13.3. The number of hydrogen-bond acceptors (Lipinski definition) is 9. The third-order valence-corrected chi connectivity index (χ3v) is 8.28. The predicted octanol–water partition coefficient (Wildman–Crippen LogP) is 4.72. The Morgan fingerprint density at radius 2 is 1.76 bits per heavy atom. The lowest BCUT2D eigenvalue weighted by molar-refractivity contribution is -0.117. The molecule has 1 amide bonds. The van der Waals surface area contributed by atoms with Gasteiger partial charge in [-0.3, -0.25) is 4.79 Å². The van der Waals surface area contributed by atoms with Crippen LogP contribution in [0.2, 0.25) is 10.0 Å². The zero-order valence-electron chi connectivity index (χ0n) is 23.2. The lowest BCUT2D eigenvalue weighted by Gasteiger charge is -2.33. The second-order valence-corrected chi connectivity index (χ2v) is 10.7. The summed E-state index contributed by atoms with van der Waals surface area (Å²) in [7, 11) is 4.83. The molecule has 0 unspecified atom stereocenters. The molecule has 2 atom stereocenters. The van der Waals surface area contributed by atoms with Gasteiger partial charge in [-0.1, -0.05) is 29.8 Å². The SMILES string of the molecule is C=CC(=O)N[C@H]1COC[C@H]1Nc1cc2c(N3CCC(OC)CC3)nc(-c3c(Cl)c(OC)cc(OC)c3Cl)cc2cn1. The van der Waals surface area contributed by atoms with E-state index in [1.807, 2.05) is 12.1 Å². The number of anilines is 2.